The molecule has 0 N–H and O–H groups in total. The number of pyridine rings is 1. The SMILES string of the molecule is c1ccc(-c2cccc(N(c3ccc(-c4cccc5ccccc45)cc3)c3cccc4c3cnc3c5ccccc5oc43)c2)cc1. The summed E-state index contributed by atoms with van der Waals surface area (Å²) in [6, 6.07) is 57.8. The van der Waals surface area contributed by atoms with Crippen LogP contribution in [0.15, 0.2) is 174 Å². The molecule has 0 atom stereocenters. The van der Waals surface area contributed by atoms with E-state index in [1.165, 1.54) is 27.5 Å². The Kier molecular flexibility index (Phi) is 6.14. The minimum atomic E-state index is 0.810. The molecule has 9 rings (SSSR count). The maximum atomic E-state index is 6.41. The van der Waals surface area contributed by atoms with E-state index < -0.39 is 0 Å². The third-order valence-electron chi connectivity index (χ3n) is 8.90. The lowest BCUT2D eigenvalue weighted by Gasteiger charge is -2.27. The van der Waals surface area contributed by atoms with Gasteiger partial charge in [-0.3, -0.25) is 4.98 Å². The fourth-order valence-corrected chi connectivity index (χ4v) is 6.70. The van der Waals surface area contributed by atoms with Gasteiger partial charge < -0.3 is 9.32 Å². The number of anilines is 3. The zero-order valence-electron chi connectivity index (χ0n) is 25.0. The van der Waals surface area contributed by atoms with Crippen molar-refractivity contribution in [1.29, 1.82) is 0 Å². The summed E-state index contributed by atoms with van der Waals surface area (Å²) in [5, 5.41) is 5.58. The summed E-state index contributed by atoms with van der Waals surface area (Å²) in [7, 11) is 0. The van der Waals surface area contributed by atoms with Gasteiger partial charge in [0.1, 0.15) is 11.1 Å². The van der Waals surface area contributed by atoms with E-state index in [1.807, 2.05) is 24.4 Å². The van der Waals surface area contributed by atoms with Crippen molar-refractivity contribution >= 4 is 60.7 Å². The van der Waals surface area contributed by atoms with Gasteiger partial charge in [-0.15, -0.1) is 0 Å². The van der Waals surface area contributed by atoms with Crippen molar-refractivity contribution in [3.05, 3.63) is 170 Å². The van der Waals surface area contributed by atoms with E-state index in [2.05, 4.69) is 150 Å². The molecule has 3 heteroatoms. The molecule has 0 saturated heterocycles. The highest BCUT2D eigenvalue weighted by Crippen LogP contribution is 2.43. The highest BCUT2D eigenvalue weighted by Gasteiger charge is 2.19. The van der Waals surface area contributed by atoms with Crippen molar-refractivity contribution in [3.63, 3.8) is 0 Å². The zero-order valence-corrected chi connectivity index (χ0v) is 25.0. The topological polar surface area (TPSA) is 29.3 Å². The predicted molar refractivity (Wildman–Crippen MR) is 192 cm³/mol. The first-order valence-electron chi connectivity index (χ1n) is 15.5. The predicted octanol–water partition coefficient (Wildman–Crippen LogP) is 12.1. The second-order valence-corrected chi connectivity index (χ2v) is 11.6. The molecule has 2 heterocycles. The van der Waals surface area contributed by atoms with Crippen molar-refractivity contribution < 1.29 is 4.42 Å². The van der Waals surface area contributed by atoms with Gasteiger partial charge in [0.05, 0.1) is 5.69 Å². The van der Waals surface area contributed by atoms with E-state index >= 15 is 0 Å². The van der Waals surface area contributed by atoms with Gasteiger partial charge in [0.2, 0.25) is 0 Å². The van der Waals surface area contributed by atoms with Crippen LogP contribution in [0.25, 0.3) is 65.9 Å². The molecule has 0 bridgehead atoms. The Morgan fingerprint density at radius 3 is 2.04 bits per heavy atom. The molecule has 2 aromatic heterocycles. The van der Waals surface area contributed by atoms with Crippen molar-refractivity contribution in [2.75, 3.05) is 4.90 Å². The quantitative estimate of drug-likeness (QED) is 0.200. The van der Waals surface area contributed by atoms with Crippen molar-refractivity contribution in [2.24, 2.45) is 0 Å². The van der Waals surface area contributed by atoms with Crippen LogP contribution in [0.5, 0.6) is 0 Å². The highest BCUT2D eigenvalue weighted by atomic mass is 16.3. The van der Waals surface area contributed by atoms with E-state index in [4.69, 9.17) is 9.40 Å². The molecular weight excluding hydrogens is 560 g/mol. The van der Waals surface area contributed by atoms with Crippen LogP contribution in [-0.4, -0.2) is 4.98 Å². The summed E-state index contributed by atoms with van der Waals surface area (Å²) in [5.41, 5.74) is 10.5. The number of aromatic nitrogens is 1. The van der Waals surface area contributed by atoms with Crippen LogP contribution in [0.3, 0.4) is 0 Å². The summed E-state index contributed by atoms with van der Waals surface area (Å²) in [4.78, 5) is 7.29. The molecular formula is C43H28N2O. The van der Waals surface area contributed by atoms with E-state index in [9.17, 15) is 0 Å². The average molecular weight is 589 g/mol. The van der Waals surface area contributed by atoms with Crippen molar-refractivity contribution in [1.82, 2.24) is 4.98 Å². The Balaban J connectivity index is 1.24. The fourth-order valence-electron chi connectivity index (χ4n) is 6.70. The summed E-state index contributed by atoms with van der Waals surface area (Å²) >= 11 is 0. The second kappa shape index (κ2) is 10.8. The number of nitrogens with zero attached hydrogens (tertiary/aromatic N) is 2. The van der Waals surface area contributed by atoms with Crippen LogP contribution < -0.4 is 4.90 Å². The molecule has 0 fully saturated rings. The van der Waals surface area contributed by atoms with Gasteiger partial charge in [0.15, 0.2) is 5.58 Å². The molecule has 0 amide bonds. The van der Waals surface area contributed by atoms with Gasteiger partial charge >= 0.3 is 0 Å². The number of rotatable bonds is 5. The summed E-state index contributed by atoms with van der Waals surface area (Å²) < 4.78 is 6.41. The van der Waals surface area contributed by atoms with Crippen LogP contribution in [0.2, 0.25) is 0 Å². The molecule has 0 aliphatic carbocycles. The molecule has 7 aromatic carbocycles. The highest BCUT2D eigenvalue weighted by molar-refractivity contribution is 6.15. The minimum Gasteiger partial charge on any atom is -0.454 e. The first-order chi connectivity index (χ1) is 22.8. The van der Waals surface area contributed by atoms with Gasteiger partial charge in [-0.05, 0) is 75.5 Å². The number of hydrogen-bond donors (Lipinski definition) is 0. The number of furan rings is 1. The third kappa shape index (κ3) is 4.33. The van der Waals surface area contributed by atoms with Crippen LogP contribution in [-0.2, 0) is 0 Å². The van der Waals surface area contributed by atoms with E-state index in [-0.39, 0.29) is 0 Å². The zero-order chi connectivity index (χ0) is 30.5. The van der Waals surface area contributed by atoms with Crippen LogP contribution in [0.1, 0.15) is 0 Å². The Labute approximate surface area is 266 Å². The maximum Gasteiger partial charge on any atom is 0.161 e. The Morgan fingerprint density at radius 1 is 0.457 bits per heavy atom. The number of benzene rings is 7. The molecule has 0 aliphatic rings. The van der Waals surface area contributed by atoms with E-state index in [0.717, 1.165) is 55.5 Å². The molecule has 0 spiro atoms. The second-order valence-electron chi connectivity index (χ2n) is 11.6. The summed E-state index contributed by atoms with van der Waals surface area (Å²) in [6.45, 7) is 0. The lowest BCUT2D eigenvalue weighted by molar-refractivity contribution is 0.672. The van der Waals surface area contributed by atoms with E-state index in [0.29, 0.717) is 0 Å². The van der Waals surface area contributed by atoms with Gasteiger partial charge in [-0.2, -0.15) is 0 Å². The lowest BCUT2D eigenvalue weighted by Crippen LogP contribution is -2.10. The van der Waals surface area contributed by atoms with Gasteiger partial charge in [0, 0.05) is 33.7 Å². The molecule has 216 valence electrons. The minimum absolute atomic E-state index is 0.810. The molecule has 9 aromatic rings. The normalized spacial score (nSPS) is 11.5. The Hall–Kier alpha value is -6.19. The Bertz CT molecular complexity index is 2530. The van der Waals surface area contributed by atoms with Crippen LogP contribution in [0.4, 0.5) is 17.1 Å². The van der Waals surface area contributed by atoms with Gasteiger partial charge in [0.25, 0.3) is 0 Å². The third-order valence-corrected chi connectivity index (χ3v) is 8.90. The van der Waals surface area contributed by atoms with Crippen LogP contribution in [0, 0.1) is 0 Å². The van der Waals surface area contributed by atoms with Crippen molar-refractivity contribution in [3.8, 4) is 22.3 Å². The molecule has 0 saturated carbocycles. The molecule has 0 radical (unpaired) electrons. The molecule has 3 nitrogen and oxygen atoms in total. The number of hydrogen-bond acceptors (Lipinski definition) is 3. The van der Waals surface area contributed by atoms with Crippen molar-refractivity contribution in [2.45, 2.75) is 0 Å². The summed E-state index contributed by atoms with van der Waals surface area (Å²) in [6.07, 6.45) is 1.99. The summed E-state index contributed by atoms with van der Waals surface area (Å²) in [5.74, 6) is 0. The fraction of sp³-hybridized carbons (Fsp3) is 0. The molecule has 0 unspecified atom stereocenters. The first-order valence-corrected chi connectivity index (χ1v) is 15.5. The Morgan fingerprint density at radius 2 is 1.15 bits per heavy atom. The van der Waals surface area contributed by atoms with Gasteiger partial charge in [-0.1, -0.05) is 121 Å². The lowest BCUT2D eigenvalue weighted by atomic mass is 9.98. The largest absolute Gasteiger partial charge is 0.454 e. The monoisotopic (exact) mass is 588 g/mol. The van der Waals surface area contributed by atoms with Crippen LogP contribution >= 0.6 is 0 Å². The van der Waals surface area contributed by atoms with Gasteiger partial charge in [-0.25, -0.2) is 0 Å². The molecule has 46 heavy (non-hydrogen) atoms. The number of para-hydroxylation sites is 1. The van der Waals surface area contributed by atoms with E-state index in [1.54, 1.807) is 0 Å². The maximum absolute atomic E-state index is 6.41. The average Bonchev–Trinajstić information content (AvgIpc) is 3.52. The first kappa shape index (κ1) is 26.2. The smallest absolute Gasteiger partial charge is 0.161 e. The number of fused-ring (bicyclic) bond motifs is 6. The standard InChI is InChI=1S/C43H28N2O/c1-2-11-29(12-3-1)32-15-8-16-34(27-32)45(33-25-23-31(24-26-33)36-19-9-14-30-13-4-5-17-35(30)36)40-21-10-20-37-39(40)28-44-42-38-18-6-7-22-41(38)46-43(37)42/h1-28H. The molecule has 0 aliphatic heterocycles.